The normalized spacial score (nSPS) is 24.2. The van der Waals surface area contributed by atoms with Gasteiger partial charge in [0.05, 0.1) is 6.61 Å². The van der Waals surface area contributed by atoms with Gasteiger partial charge in [-0.15, -0.1) is 0 Å². The molecule has 2 aromatic carbocycles. The van der Waals surface area contributed by atoms with Crippen LogP contribution < -0.4 is 20.7 Å². The van der Waals surface area contributed by atoms with Crippen LogP contribution in [-0.2, 0) is 4.74 Å². The molecule has 36 heavy (non-hydrogen) atoms. The minimum Gasteiger partial charge on any atom is -0.504 e. The van der Waals surface area contributed by atoms with Crippen LogP contribution in [0.15, 0.2) is 67.0 Å². The van der Waals surface area contributed by atoms with E-state index in [1.165, 1.54) is 24.3 Å². The van der Waals surface area contributed by atoms with Crippen LogP contribution in [0.1, 0.15) is 0 Å². The lowest BCUT2D eigenvalue weighted by Gasteiger charge is -2.39. The summed E-state index contributed by atoms with van der Waals surface area (Å²) in [4.78, 5) is 23.9. The third-order valence-corrected chi connectivity index (χ3v) is 5.70. The number of phenols is 1. The van der Waals surface area contributed by atoms with Gasteiger partial charge < -0.3 is 48.6 Å². The number of rotatable bonds is 5. The first-order valence-corrected chi connectivity index (χ1v) is 10.7. The lowest BCUT2D eigenvalue weighted by atomic mass is 9.99. The highest BCUT2D eigenvalue weighted by Crippen LogP contribution is 2.35. The highest BCUT2D eigenvalue weighted by molar-refractivity contribution is 5.82. The first kappa shape index (κ1) is 23.8. The van der Waals surface area contributed by atoms with Crippen molar-refractivity contribution in [3.8, 4) is 23.0 Å². The Hall–Kier alpha value is -3.94. The molecular formula is C24H20O12. The summed E-state index contributed by atoms with van der Waals surface area (Å²) >= 11 is 0. The second-order valence-electron chi connectivity index (χ2n) is 8.13. The molecule has 2 aromatic heterocycles. The maximum atomic E-state index is 12.4. The summed E-state index contributed by atoms with van der Waals surface area (Å²) in [6, 6.07) is 11.2. The largest absolute Gasteiger partial charge is 0.504 e. The zero-order chi connectivity index (χ0) is 25.6. The smallest absolute Gasteiger partial charge is 0.379 e. The Bertz CT molecular complexity index is 1540. The molecule has 1 saturated heterocycles. The van der Waals surface area contributed by atoms with Crippen LogP contribution in [-0.4, -0.2) is 62.8 Å². The van der Waals surface area contributed by atoms with Gasteiger partial charge in [-0.2, -0.15) is 0 Å². The summed E-state index contributed by atoms with van der Waals surface area (Å²) in [7, 11) is 0. The fraction of sp³-hybridized carbons (Fsp3) is 0.250. The van der Waals surface area contributed by atoms with Gasteiger partial charge in [0.2, 0.25) is 12.0 Å². The molecule has 4 aromatic rings. The summed E-state index contributed by atoms with van der Waals surface area (Å²) in [6.07, 6.45) is -7.69. The molecular weight excluding hydrogens is 480 g/mol. The van der Waals surface area contributed by atoms with Gasteiger partial charge in [0.25, 0.3) is 0 Å². The van der Waals surface area contributed by atoms with Crippen LogP contribution in [0.4, 0.5) is 0 Å². The molecule has 1 aliphatic rings. The van der Waals surface area contributed by atoms with E-state index in [4.69, 9.17) is 23.0 Å². The van der Waals surface area contributed by atoms with E-state index in [2.05, 4.69) is 0 Å². The van der Waals surface area contributed by atoms with Crippen molar-refractivity contribution in [3.05, 3.63) is 69.4 Å². The quantitative estimate of drug-likeness (QED) is 0.240. The van der Waals surface area contributed by atoms with Crippen molar-refractivity contribution in [3.63, 3.8) is 0 Å². The minimum absolute atomic E-state index is 0.00416. The van der Waals surface area contributed by atoms with Crippen molar-refractivity contribution in [1.29, 1.82) is 0 Å². The van der Waals surface area contributed by atoms with Gasteiger partial charge in [-0.25, -0.2) is 9.59 Å². The first-order valence-electron chi connectivity index (χ1n) is 10.7. The van der Waals surface area contributed by atoms with Gasteiger partial charge in [0.1, 0.15) is 41.3 Å². The predicted molar refractivity (Wildman–Crippen MR) is 121 cm³/mol. The molecule has 0 radical (unpaired) electrons. The van der Waals surface area contributed by atoms with Crippen LogP contribution in [0.5, 0.6) is 23.0 Å². The zero-order valence-corrected chi connectivity index (χ0v) is 18.3. The molecule has 0 aliphatic carbocycles. The van der Waals surface area contributed by atoms with Crippen LogP contribution in [0.2, 0.25) is 0 Å². The second kappa shape index (κ2) is 9.26. The molecule has 3 heterocycles. The topological polar surface area (TPSA) is 189 Å². The maximum absolute atomic E-state index is 12.4. The summed E-state index contributed by atoms with van der Waals surface area (Å²) in [5.41, 5.74) is -1.14. The number of phenolic OH excluding ortho intramolecular Hbond substituents is 1. The van der Waals surface area contributed by atoms with Crippen LogP contribution in [0.25, 0.3) is 21.9 Å². The Morgan fingerprint density at radius 2 is 1.53 bits per heavy atom. The van der Waals surface area contributed by atoms with Crippen molar-refractivity contribution in [2.45, 2.75) is 30.7 Å². The predicted octanol–water partition coefficient (Wildman–Crippen LogP) is 0.576. The average molecular weight is 500 g/mol. The number of fused-ring (bicyclic) bond motifs is 2. The van der Waals surface area contributed by atoms with Crippen molar-refractivity contribution in [2.24, 2.45) is 0 Å². The van der Waals surface area contributed by atoms with E-state index in [0.717, 1.165) is 6.07 Å². The van der Waals surface area contributed by atoms with Gasteiger partial charge in [-0.1, -0.05) is 0 Å². The van der Waals surface area contributed by atoms with Gasteiger partial charge in [-0.05, 0) is 30.3 Å². The SMILES string of the molecule is O=c1ccc2ccc(Oc3cc4cc(O[C@@H]5O[C@H](CO)[C@@H](O)[C@H](O)[C@H]5O)c(O)cc4oc3=O)cc2o1. The number of ether oxygens (including phenoxy) is 3. The van der Waals surface area contributed by atoms with Crippen molar-refractivity contribution >= 4 is 21.9 Å². The number of hydrogen-bond acceptors (Lipinski definition) is 12. The number of aliphatic hydroxyl groups excluding tert-OH is 4. The van der Waals surface area contributed by atoms with Crippen LogP contribution in [0, 0.1) is 0 Å². The fourth-order valence-electron chi connectivity index (χ4n) is 3.80. The Morgan fingerprint density at radius 3 is 2.31 bits per heavy atom. The number of aliphatic hydroxyl groups is 4. The van der Waals surface area contributed by atoms with Crippen molar-refractivity contribution < 1.29 is 48.6 Å². The molecule has 12 nitrogen and oxygen atoms in total. The Balaban J connectivity index is 1.46. The van der Waals surface area contributed by atoms with Crippen LogP contribution in [0.3, 0.4) is 0 Å². The van der Waals surface area contributed by atoms with Gasteiger partial charge in [0, 0.05) is 29.0 Å². The third kappa shape index (κ3) is 4.39. The molecule has 0 amide bonds. The van der Waals surface area contributed by atoms with Gasteiger partial charge in [-0.3, -0.25) is 0 Å². The molecule has 5 atom stereocenters. The van der Waals surface area contributed by atoms with E-state index in [9.17, 15) is 35.1 Å². The molecule has 0 bridgehead atoms. The molecule has 0 saturated carbocycles. The summed E-state index contributed by atoms with van der Waals surface area (Å²) in [6.45, 7) is -0.654. The Morgan fingerprint density at radius 1 is 0.806 bits per heavy atom. The van der Waals surface area contributed by atoms with Crippen molar-refractivity contribution in [2.75, 3.05) is 6.61 Å². The van der Waals surface area contributed by atoms with Crippen molar-refractivity contribution in [1.82, 2.24) is 0 Å². The standard InChI is InChI=1S/C24H20O12/c25-9-18-20(28)21(29)22(30)24(36-18)35-16-5-11-6-17(23(31)34-15(11)8-13(16)26)32-12-3-1-10-2-4-19(27)33-14(10)7-12/h1-8,18,20-22,24-26,28-30H,9H2/t18-,20-,21+,22-,24-/m1/s1. The summed E-state index contributed by atoms with van der Waals surface area (Å²) in [5, 5.41) is 50.6. The highest BCUT2D eigenvalue weighted by Gasteiger charge is 2.45. The molecule has 1 aliphatic heterocycles. The minimum atomic E-state index is -1.70. The first-order chi connectivity index (χ1) is 17.2. The zero-order valence-electron chi connectivity index (χ0n) is 18.3. The second-order valence-corrected chi connectivity index (χ2v) is 8.13. The lowest BCUT2D eigenvalue weighted by molar-refractivity contribution is -0.277. The average Bonchev–Trinajstić information content (AvgIpc) is 2.85. The van der Waals surface area contributed by atoms with E-state index >= 15 is 0 Å². The highest BCUT2D eigenvalue weighted by atomic mass is 16.7. The Kier molecular flexibility index (Phi) is 6.12. The molecule has 5 rings (SSSR count). The summed E-state index contributed by atoms with van der Waals surface area (Å²) < 4.78 is 26.8. The molecule has 0 unspecified atom stereocenters. The molecule has 5 N–H and O–H groups in total. The molecule has 0 spiro atoms. The fourth-order valence-corrected chi connectivity index (χ4v) is 3.80. The number of aromatic hydroxyl groups is 1. The molecule has 1 fully saturated rings. The Labute approximate surface area is 200 Å². The van der Waals surface area contributed by atoms with E-state index in [1.807, 2.05) is 0 Å². The van der Waals surface area contributed by atoms with E-state index in [-0.39, 0.29) is 33.8 Å². The van der Waals surface area contributed by atoms with E-state index in [0.29, 0.717) is 5.39 Å². The monoisotopic (exact) mass is 500 g/mol. The summed E-state index contributed by atoms with van der Waals surface area (Å²) in [5.74, 6) is -0.704. The lowest BCUT2D eigenvalue weighted by Crippen LogP contribution is -2.60. The van der Waals surface area contributed by atoms with E-state index < -0.39 is 54.3 Å². The maximum Gasteiger partial charge on any atom is 0.379 e. The molecule has 12 heteroatoms. The number of benzene rings is 2. The third-order valence-electron chi connectivity index (χ3n) is 5.70. The van der Waals surface area contributed by atoms with Gasteiger partial charge >= 0.3 is 11.3 Å². The van der Waals surface area contributed by atoms with Gasteiger partial charge in [0.15, 0.2) is 11.5 Å². The van der Waals surface area contributed by atoms with E-state index in [1.54, 1.807) is 18.2 Å². The van der Waals surface area contributed by atoms with Crippen LogP contribution >= 0.6 is 0 Å². The molecule has 188 valence electrons. The number of hydrogen-bond donors (Lipinski definition) is 5.